The van der Waals surface area contributed by atoms with E-state index in [4.69, 9.17) is 16.0 Å². The largest absolute Gasteiger partial charge is 0.506 e. The van der Waals surface area contributed by atoms with Crippen molar-refractivity contribution in [3.8, 4) is 17.1 Å². The number of aromatic nitrogens is 1. The summed E-state index contributed by atoms with van der Waals surface area (Å²) in [5.74, 6) is 0.403. The van der Waals surface area contributed by atoms with Crippen LogP contribution in [0.5, 0.6) is 5.75 Å². The van der Waals surface area contributed by atoms with Crippen molar-refractivity contribution in [1.82, 2.24) is 4.98 Å². The highest BCUT2D eigenvalue weighted by Gasteiger charge is 2.20. The molecule has 2 aromatic rings. The van der Waals surface area contributed by atoms with Gasteiger partial charge >= 0.3 is 0 Å². The van der Waals surface area contributed by atoms with Crippen molar-refractivity contribution >= 4 is 11.6 Å². The van der Waals surface area contributed by atoms with E-state index in [0.29, 0.717) is 11.3 Å². The Kier molecular flexibility index (Phi) is 3.56. The molecule has 0 amide bonds. The number of aliphatic hydroxyl groups is 2. The first-order chi connectivity index (χ1) is 8.49. The molecule has 0 fully saturated rings. The molecule has 1 aromatic carbocycles. The van der Waals surface area contributed by atoms with Crippen molar-refractivity contribution < 1.29 is 19.7 Å². The Morgan fingerprint density at radius 1 is 1.33 bits per heavy atom. The molecule has 0 saturated carbocycles. The number of nitrogens with zero attached hydrogens (tertiary/aromatic N) is 1. The maximum atomic E-state index is 9.58. The van der Waals surface area contributed by atoms with Gasteiger partial charge in [0.05, 0.1) is 17.3 Å². The molecule has 1 heterocycles. The van der Waals surface area contributed by atoms with E-state index in [1.807, 2.05) is 0 Å². The summed E-state index contributed by atoms with van der Waals surface area (Å²) in [5, 5.41) is 28.3. The number of hydrogen-bond donors (Lipinski definition) is 3. The van der Waals surface area contributed by atoms with Crippen LogP contribution in [0.2, 0.25) is 5.02 Å². The van der Waals surface area contributed by atoms with Crippen LogP contribution in [0.15, 0.2) is 28.8 Å². The van der Waals surface area contributed by atoms with Crippen LogP contribution in [0.4, 0.5) is 0 Å². The molecule has 3 N–H and O–H groups in total. The lowest BCUT2D eigenvalue weighted by Gasteiger charge is -2.08. The molecular formula is C12H12ClNO4. The molecular weight excluding hydrogens is 258 g/mol. The molecule has 1 aromatic heterocycles. The summed E-state index contributed by atoms with van der Waals surface area (Å²) in [7, 11) is 0. The number of hydrogen-bond acceptors (Lipinski definition) is 5. The molecule has 0 aliphatic heterocycles. The van der Waals surface area contributed by atoms with Crippen LogP contribution in [0.25, 0.3) is 11.3 Å². The summed E-state index contributed by atoms with van der Waals surface area (Å²) < 4.78 is 5.33. The van der Waals surface area contributed by atoms with Crippen molar-refractivity contribution in [1.29, 1.82) is 0 Å². The van der Waals surface area contributed by atoms with Gasteiger partial charge in [-0.2, -0.15) is 0 Å². The third-order valence-electron chi connectivity index (χ3n) is 2.47. The molecule has 0 spiro atoms. The number of benzene rings is 1. The van der Waals surface area contributed by atoms with Gasteiger partial charge in [0.15, 0.2) is 11.9 Å². The second kappa shape index (κ2) is 4.97. The number of aromatic hydroxyl groups is 1. The number of phenols is 1. The standard InChI is InChI=1S/C12H12ClNO4/c1-6(15)11(17)12-14-5-10(18-12)7-2-3-9(16)8(13)4-7/h2-6,11,15-17H,1H3/t6-,11+/m1/s1. The van der Waals surface area contributed by atoms with E-state index in [1.54, 1.807) is 6.07 Å². The summed E-state index contributed by atoms with van der Waals surface area (Å²) in [6.45, 7) is 1.44. The minimum absolute atomic E-state index is 0.0239. The third-order valence-corrected chi connectivity index (χ3v) is 2.77. The number of phenolic OH excluding ortho intramolecular Hbond substituents is 1. The first kappa shape index (κ1) is 12.9. The number of oxazole rings is 1. The molecule has 0 bridgehead atoms. The highest BCUT2D eigenvalue weighted by Crippen LogP contribution is 2.30. The van der Waals surface area contributed by atoms with E-state index in [0.717, 1.165) is 0 Å². The predicted octanol–water partition coefficient (Wildman–Crippen LogP) is 2.11. The van der Waals surface area contributed by atoms with Crippen LogP contribution in [0.3, 0.4) is 0 Å². The molecule has 0 radical (unpaired) electrons. The van der Waals surface area contributed by atoms with Gasteiger partial charge < -0.3 is 19.7 Å². The van der Waals surface area contributed by atoms with Gasteiger partial charge in [-0.25, -0.2) is 4.98 Å². The lowest BCUT2D eigenvalue weighted by Crippen LogP contribution is -2.13. The normalized spacial score (nSPS) is 14.4. The fourth-order valence-electron chi connectivity index (χ4n) is 1.42. The zero-order chi connectivity index (χ0) is 13.3. The average Bonchev–Trinajstić information content (AvgIpc) is 2.81. The monoisotopic (exact) mass is 269 g/mol. The zero-order valence-electron chi connectivity index (χ0n) is 9.54. The van der Waals surface area contributed by atoms with Gasteiger partial charge in [0.2, 0.25) is 5.89 Å². The first-order valence-electron chi connectivity index (χ1n) is 5.30. The van der Waals surface area contributed by atoms with Gasteiger partial charge in [-0.3, -0.25) is 0 Å². The Morgan fingerprint density at radius 2 is 2.06 bits per heavy atom. The molecule has 0 unspecified atom stereocenters. The average molecular weight is 270 g/mol. The van der Waals surface area contributed by atoms with Crippen molar-refractivity contribution in [3.05, 3.63) is 35.3 Å². The van der Waals surface area contributed by atoms with Crippen LogP contribution in [-0.4, -0.2) is 26.4 Å². The van der Waals surface area contributed by atoms with Crippen molar-refractivity contribution in [2.75, 3.05) is 0 Å². The Hall–Kier alpha value is -1.56. The van der Waals surface area contributed by atoms with E-state index in [1.165, 1.54) is 25.3 Å². The topological polar surface area (TPSA) is 86.7 Å². The van der Waals surface area contributed by atoms with Gasteiger partial charge in [0.1, 0.15) is 5.75 Å². The molecule has 0 aliphatic rings. The smallest absolute Gasteiger partial charge is 0.226 e. The molecule has 5 nitrogen and oxygen atoms in total. The van der Waals surface area contributed by atoms with Crippen LogP contribution >= 0.6 is 11.6 Å². The number of aliphatic hydroxyl groups excluding tert-OH is 2. The highest BCUT2D eigenvalue weighted by atomic mass is 35.5. The second-order valence-corrected chi connectivity index (χ2v) is 4.32. The van der Waals surface area contributed by atoms with Crippen LogP contribution in [0, 0.1) is 0 Å². The van der Waals surface area contributed by atoms with E-state index >= 15 is 0 Å². The summed E-state index contributed by atoms with van der Waals surface area (Å²) in [5.41, 5.74) is 0.620. The third kappa shape index (κ3) is 2.48. The van der Waals surface area contributed by atoms with Gasteiger partial charge in [-0.1, -0.05) is 11.6 Å². The highest BCUT2D eigenvalue weighted by molar-refractivity contribution is 6.32. The fraction of sp³-hybridized carbons (Fsp3) is 0.250. The summed E-state index contributed by atoms with van der Waals surface area (Å²) in [6.07, 6.45) is -0.727. The predicted molar refractivity (Wildman–Crippen MR) is 65.3 cm³/mol. The lowest BCUT2D eigenvalue weighted by atomic mass is 10.2. The Labute approximate surface area is 108 Å². The van der Waals surface area contributed by atoms with Crippen molar-refractivity contribution in [3.63, 3.8) is 0 Å². The first-order valence-corrected chi connectivity index (χ1v) is 5.67. The maximum absolute atomic E-state index is 9.58. The van der Waals surface area contributed by atoms with Crippen LogP contribution in [-0.2, 0) is 0 Å². The number of halogens is 1. The minimum Gasteiger partial charge on any atom is -0.506 e. The molecule has 2 atom stereocenters. The molecule has 6 heteroatoms. The second-order valence-electron chi connectivity index (χ2n) is 3.91. The SMILES string of the molecule is C[C@@H](O)[C@H](O)c1ncc(-c2ccc(O)c(Cl)c2)o1. The van der Waals surface area contributed by atoms with E-state index in [9.17, 15) is 15.3 Å². The zero-order valence-corrected chi connectivity index (χ0v) is 10.3. The molecule has 0 aliphatic carbocycles. The lowest BCUT2D eigenvalue weighted by molar-refractivity contribution is 0.0138. The quantitative estimate of drug-likeness (QED) is 0.794. The van der Waals surface area contributed by atoms with E-state index in [2.05, 4.69) is 4.98 Å². The van der Waals surface area contributed by atoms with Crippen LogP contribution in [0.1, 0.15) is 18.9 Å². The van der Waals surface area contributed by atoms with Gasteiger partial charge in [0, 0.05) is 5.56 Å². The summed E-state index contributed by atoms with van der Waals surface area (Å²) in [6, 6.07) is 4.57. The summed E-state index contributed by atoms with van der Waals surface area (Å²) >= 11 is 5.78. The fourth-order valence-corrected chi connectivity index (χ4v) is 1.60. The number of rotatable bonds is 3. The van der Waals surface area contributed by atoms with E-state index in [-0.39, 0.29) is 16.7 Å². The molecule has 2 rings (SSSR count). The van der Waals surface area contributed by atoms with Crippen molar-refractivity contribution in [2.45, 2.75) is 19.1 Å². The Morgan fingerprint density at radius 3 is 2.67 bits per heavy atom. The molecule has 18 heavy (non-hydrogen) atoms. The Bertz CT molecular complexity index is 553. The molecule has 96 valence electrons. The van der Waals surface area contributed by atoms with Gasteiger partial charge in [0.25, 0.3) is 0 Å². The van der Waals surface area contributed by atoms with E-state index < -0.39 is 12.2 Å². The van der Waals surface area contributed by atoms with Crippen LogP contribution < -0.4 is 0 Å². The van der Waals surface area contributed by atoms with Crippen molar-refractivity contribution in [2.24, 2.45) is 0 Å². The van der Waals surface area contributed by atoms with Gasteiger partial charge in [-0.05, 0) is 25.1 Å². The Balaban J connectivity index is 2.32. The molecule has 0 saturated heterocycles. The summed E-state index contributed by atoms with van der Waals surface area (Å²) in [4.78, 5) is 3.88. The minimum atomic E-state index is -1.17. The van der Waals surface area contributed by atoms with Gasteiger partial charge in [-0.15, -0.1) is 0 Å². The maximum Gasteiger partial charge on any atom is 0.226 e.